The molecule has 0 bridgehead atoms. The van der Waals surface area contributed by atoms with Gasteiger partial charge in [0.1, 0.15) is 5.82 Å². The Kier molecular flexibility index (Phi) is 6.05. The zero-order chi connectivity index (χ0) is 17.5. The van der Waals surface area contributed by atoms with E-state index in [0.29, 0.717) is 30.5 Å². The molecule has 1 aromatic carbocycles. The van der Waals surface area contributed by atoms with E-state index in [1.54, 1.807) is 0 Å². The lowest BCUT2D eigenvalue weighted by molar-refractivity contribution is -0.118. The summed E-state index contributed by atoms with van der Waals surface area (Å²) in [5, 5.41) is 11.3. The van der Waals surface area contributed by atoms with Crippen LogP contribution in [0.2, 0.25) is 0 Å². The minimum absolute atomic E-state index is 0.0134. The summed E-state index contributed by atoms with van der Waals surface area (Å²) in [5.74, 6) is 1.72. The lowest BCUT2D eigenvalue weighted by atomic mass is 10.3. The van der Waals surface area contributed by atoms with E-state index in [-0.39, 0.29) is 11.7 Å². The van der Waals surface area contributed by atoms with Crippen molar-refractivity contribution in [2.24, 2.45) is 0 Å². The fourth-order valence-electron chi connectivity index (χ4n) is 2.33. The second kappa shape index (κ2) is 8.66. The first kappa shape index (κ1) is 17.5. The summed E-state index contributed by atoms with van der Waals surface area (Å²) in [6.07, 6.45) is 3.35. The molecule has 8 heteroatoms. The van der Waals surface area contributed by atoms with E-state index in [1.807, 2.05) is 24.3 Å². The molecule has 0 spiro atoms. The van der Waals surface area contributed by atoms with Crippen LogP contribution in [0.25, 0.3) is 11.0 Å². The van der Waals surface area contributed by atoms with Crippen LogP contribution in [-0.2, 0) is 17.6 Å². The van der Waals surface area contributed by atoms with Gasteiger partial charge in [-0.1, -0.05) is 37.2 Å². The highest BCUT2D eigenvalue weighted by molar-refractivity contribution is 7.99. The molecule has 0 aliphatic heterocycles. The number of nitrogens with one attached hydrogen (secondary N) is 2. The highest BCUT2D eigenvalue weighted by atomic mass is 32.2. The van der Waals surface area contributed by atoms with Crippen molar-refractivity contribution in [2.45, 2.75) is 37.8 Å². The Hall–Kier alpha value is -2.35. The number of fused-ring (bicyclic) bond motifs is 1. The van der Waals surface area contributed by atoms with Gasteiger partial charge >= 0.3 is 0 Å². The number of hydrogen-bond acceptors (Lipinski definition) is 6. The van der Waals surface area contributed by atoms with Gasteiger partial charge in [0, 0.05) is 19.4 Å². The average molecular weight is 359 g/mol. The number of amides is 1. The first-order chi connectivity index (χ1) is 12.2. The zero-order valence-corrected chi connectivity index (χ0v) is 14.9. The molecule has 0 radical (unpaired) electrons. The summed E-state index contributed by atoms with van der Waals surface area (Å²) in [6, 6.07) is 7.91. The quantitative estimate of drug-likeness (QED) is 0.450. The number of unbranched alkanes of at least 4 members (excludes halogenated alkanes) is 1. The molecule has 0 saturated carbocycles. The molecule has 0 fully saturated rings. The lowest BCUT2D eigenvalue weighted by Crippen LogP contribution is -2.25. The highest BCUT2D eigenvalue weighted by Crippen LogP contribution is 2.17. The Morgan fingerprint density at radius 2 is 2.16 bits per heavy atom. The number of carbonyl (C=O) groups excluding carboxylic acids is 1. The molecule has 132 valence electrons. The highest BCUT2D eigenvalue weighted by Gasteiger charge is 2.10. The normalized spacial score (nSPS) is 11.1. The van der Waals surface area contributed by atoms with Crippen LogP contribution < -0.4 is 5.32 Å². The Balaban J connectivity index is 1.46. The fraction of sp³-hybridized carbons (Fsp3) is 0.412. The fourth-order valence-corrected chi connectivity index (χ4v) is 2.94. The number of carbonyl (C=O) groups is 1. The van der Waals surface area contributed by atoms with Crippen molar-refractivity contribution in [3.63, 3.8) is 0 Å². The Morgan fingerprint density at radius 3 is 3.00 bits per heavy atom. The predicted octanol–water partition coefficient (Wildman–Crippen LogP) is 2.74. The summed E-state index contributed by atoms with van der Waals surface area (Å²) >= 11 is 1.26. The number of aromatic nitrogens is 4. The molecular formula is C17H21N5O2S. The maximum atomic E-state index is 11.7. The molecule has 1 amide bonds. The van der Waals surface area contributed by atoms with E-state index in [0.717, 1.165) is 29.7 Å². The predicted molar refractivity (Wildman–Crippen MR) is 96.4 cm³/mol. The summed E-state index contributed by atoms with van der Waals surface area (Å²) in [4.78, 5) is 19.5. The topological polar surface area (TPSA) is 96.7 Å². The zero-order valence-electron chi connectivity index (χ0n) is 14.1. The van der Waals surface area contributed by atoms with E-state index in [9.17, 15) is 4.79 Å². The second-order valence-corrected chi connectivity index (χ2v) is 6.58. The molecule has 7 nitrogen and oxygen atoms in total. The van der Waals surface area contributed by atoms with Gasteiger partial charge in [-0.05, 0) is 18.6 Å². The van der Waals surface area contributed by atoms with Gasteiger partial charge in [-0.25, -0.2) is 4.98 Å². The van der Waals surface area contributed by atoms with Crippen molar-refractivity contribution in [1.82, 2.24) is 25.5 Å². The van der Waals surface area contributed by atoms with Gasteiger partial charge in [0.05, 0.1) is 16.8 Å². The molecular weight excluding hydrogens is 338 g/mol. The third-order valence-corrected chi connectivity index (χ3v) is 4.46. The van der Waals surface area contributed by atoms with Gasteiger partial charge < -0.3 is 14.7 Å². The standard InChI is InChI=1S/C17H21N5O2S/c1-2-3-10-18-15(23)11-25-17-22-21-16(24-17)9-8-14-19-12-6-4-5-7-13(12)20-14/h4-7H,2-3,8-11H2,1H3,(H,18,23)(H,19,20). The summed E-state index contributed by atoms with van der Waals surface area (Å²) < 4.78 is 5.57. The van der Waals surface area contributed by atoms with Gasteiger partial charge in [0.25, 0.3) is 5.22 Å². The van der Waals surface area contributed by atoms with Crippen molar-refractivity contribution in [3.8, 4) is 0 Å². The molecule has 2 heterocycles. The van der Waals surface area contributed by atoms with Crippen molar-refractivity contribution in [3.05, 3.63) is 36.0 Å². The van der Waals surface area contributed by atoms with Crippen molar-refractivity contribution in [1.29, 1.82) is 0 Å². The van der Waals surface area contributed by atoms with Crippen LogP contribution in [0.4, 0.5) is 0 Å². The number of imidazole rings is 1. The number of H-pyrrole nitrogens is 1. The van der Waals surface area contributed by atoms with E-state index in [1.165, 1.54) is 11.8 Å². The summed E-state index contributed by atoms with van der Waals surface area (Å²) in [7, 11) is 0. The maximum absolute atomic E-state index is 11.7. The average Bonchev–Trinajstić information content (AvgIpc) is 3.24. The number of aromatic amines is 1. The van der Waals surface area contributed by atoms with Gasteiger partial charge in [-0.2, -0.15) is 0 Å². The monoisotopic (exact) mass is 359 g/mol. The van der Waals surface area contributed by atoms with Gasteiger partial charge in [-0.15, -0.1) is 10.2 Å². The molecule has 2 N–H and O–H groups in total. The van der Waals surface area contributed by atoms with Crippen molar-refractivity contribution in [2.75, 3.05) is 12.3 Å². The number of nitrogens with zero attached hydrogens (tertiary/aromatic N) is 3. The number of para-hydroxylation sites is 2. The smallest absolute Gasteiger partial charge is 0.277 e. The molecule has 25 heavy (non-hydrogen) atoms. The van der Waals surface area contributed by atoms with Crippen LogP contribution in [-0.4, -0.2) is 38.4 Å². The molecule has 3 aromatic rings. The Labute approximate surface area is 150 Å². The van der Waals surface area contributed by atoms with Crippen LogP contribution in [0.3, 0.4) is 0 Å². The van der Waals surface area contributed by atoms with E-state index >= 15 is 0 Å². The minimum atomic E-state index is -0.0134. The van der Waals surface area contributed by atoms with Crippen LogP contribution in [0.5, 0.6) is 0 Å². The third kappa shape index (κ3) is 5.06. The number of thioether (sulfide) groups is 1. The first-order valence-corrected chi connectivity index (χ1v) is 9.38. The number of rotatable bonds is 9. The number of aryl methyl sites for hydroxylation is 2. The Morgan fingerprint density at radius 1 is 1.28 bits per heavy atom. The molecule has 2 aromatic heterocycles. The van der Waals surface area contributed by atoms with E-state index in [4.69, 9.17) is 4.42 Å². The molecule has 0 unspecified atom stereocenters. The third-order valence-electron chi connectivity index (χ3n) is 3.64. The lowest BCUT2D eigenvalue weighted by Gasteiger charge is -2.01. The summed E-state index contributed by atoms with van der Waals surface area (Å²) in [5.41, 5.74) is 1.97. The van der Waals surface area contributed by atoms with Crippen molar-refractivity contribution < 1.29 is 9.21 Å². The van der Waals surface area contributed by atoms with E-state index in [2.05, 4.69) is 32.4 Å². The number of hydrogen-bond donors (Lipinski definition) is 2. The largest absolute Gasteiger partial charge is 0.416 e. The molecule has 3 rings (SSSR count). The maximum Gasteiger partial charge on any atom is 0.277 e. The van der Waals surface area contributed by atoms with Gasteiger partial charge in [0.2, 0.25) is 11.8 Å². The second-order valence-electron chi connectivity index (χ2n) is 5.65. The van der Waals surface area contributed by atoms with Crippen LogP contribution in [0, 0.1) is 0 Å². The van der Waals surface area contributed by atoms with Gasteiger partial charge in [-0.3, -0.25) is 4.79 Å². The molecule has 0 saturated heterocycles. The van der Waals surface area contributed by atoms with E-state index < -0.39 is 0 Å². The van der Waals surface area contributed by atoms with Gasteiger partial charge in [0.15, 0.2) is 0 Å². The number of benzene rings is 1. The molecule has 0 atom stereocenters. The van der Waals surface area contributed by atoms with Crippen LogP contribution in [0.15, 0.2) is 33.9 Å². The van der Waals surface area contributed by atoms with Crippen LogP contribution >= 0.6 is 11.8 Å². The molecule has 0 aliphatic rings. The minimum Gasteiger partial charge on any atom is -0.416 e. The Bertz CT molecular complexity index is 796. The SMILES string of the molecule is CCCCNC(=O)CSc1nnc(CCc2nc3ccccc3[nH]2)o1. The summed E-state index contributed by atoms with van der Waals surface area (Å²) in [6.45, 7) is 2.80. The van der Waals surface area contributed by atoms with Crippen LogP contribution in [0.1, 0.15) is 31.5 Å². The molecule has 0 aliphatic carbocycles. The van der Waals surface area contributed by atoms with Crippen molar-refractivity contribution >= 4 is 28.7 Å². The first-order valence-electron chi connectivity index (χ1n) is 8.40.